The number of hydrogen-bond donors (Lipinski definition) is 0. The molecule has 1 fully saturated rings. The summed E-state index contributed by atoms with van der Waals surface area (Å²) in [5, 5.41) is 10.7. The number of likely N-dealkylation sites (tertiary alicyclic amines) is 1. The average Bonchev–Trinajstić information content (AvgIpc) is 2.95. The summed E-state index contributed by atoms with van der Waals surface area (Å²) in [5.41, 5.74) is 1.32. The molecule has 2 heterocycles. The standard InChI is InChI=1S/C16H21N3OS/c1-12-17-18-16(21-12)14-6-8-19(9-7-14)11-13-4-3-5-15(10-13)20-2/h3-5,10,14H,6-9,11H2,1-2H3. The fourth-order valence-electron chi connectivity index (χ4n) is 2.84. The van der Waals surface area contributed by atoms with Gasteiger partial charge in [0.1, 0.15) is 15.8 Å². The second-order valence-corrected chi connectivity index (χ2v) is 6.77. The topological polar surface area (TPSA) is 38.2 Å². The van der Waals surface area contributed by atoms with Crippen molar-refractivity contribution < 1.29 is 4.74 Å². The summed E-state index contributed by atoms with van der Waals surface area (Å²) in [5.74, 6) is 1.53. The van der Waals surface area contributed by atoms with E-state index in [1.54, 1.807) is 18.4 Å². The molecule has 112 valence electrons. The molecule has 4 nitrogen and oxygen atoms in total. The smallest absolute Gasteiger partial charge is 0.120 e. The van der Waals surface area contributed by atoms with E-state index in [9.17, 15) is 0 Å². The average molecular weight is 303 g/mol. The first-order chi connectivity index (χ1) is 10.2. The maximum atomic E-state index is 5.29. The first-order valence-electron chi connectivity index (χ1n) is 7.40. The van der Waals surface area contributed by atoms with E-state index in [1.807, 2.05) is 13.0 Å². The summed E-state index contributed by atoms with van der Waals surface area (Å²) in [7, 11) is 1.72. The summed E-state index contributed by atoms with van der Waals surface area (Å²) in [6.07, 6.45) is 2.36. The third kappa shape index (κ3) is 3.60. The predicted molar refractivity (Wildman–Crippen MR) is 84.9 cm³/mol. The summed E-state index contributed by atoms with van der Waals surface area (Å²) in [6.45, 7) is 5.28. The second kappa shape index (κ2) is 6.54. The van der Waals surface area contributed by atoms with E-state index in [-0.39, 0.29) is 0 Å². The zero-order valence-electron chi connectivity index (χ0n) is 12.6. The minimum Gasteiger partial charge on any atom is -0.497 e. The maximum absolute atomic E-state index is 5.29. The normalized spacial score (nSPS) is 17.0. The molecule has 3 rings (SSSR count). The number of benzene rings is 1. The van der Waals surface area contributed by atoms with Gasteiger partial charge in [0.15, 0.2) is 0 Å². The van der Waals surface area contributed by atoms with Crippen molar-refractivity contribution in [3.8, 4) is 5.75 Å². The summed E-state index contributed by atoms with van der Waals surface area (Å²) < 4.78 is 5.29. The van der Waals surface area contributed by atoms with Crippen LogP contribution in [0.25, 0.3) is 0 Å². The number of rotatable bonds is 4. The molecule has 0 N–H and O–H groups in total. The molecule has 1 aromatic carbocycles. The van der Waals surface area contributed by atoms with Gasteiger partial charge < -0.3 is 4.74 Å². The van der Waals surface area contributed by atoms with Gasteiger partial charge >= 0.3 is 0 Å². The number of aryl methyl sites for hydroxylation is 1. The van der Waals surface area contributed by atoms with Crippen molar-refractivity contribution in [1.29, 1.82) is 0 Å². The molecule has 0 radical (unpaired) electrons. The molecule has 21 heavy (non-hydrogen) atoms. The molecular formula is C16H21N3OS. The Hall–Kier alpha value is -1.46. The largest absolute Gasteiger partial charge is 0.497 e. The highest BCUT2D eigenvalue weighted by molar-refractivity contribution is 7.11. The van der Waals surface area contributed by atoms with Gasteiger partial charge in [0.05, 0.1) is 7.11 Å². The van der Waals surface area contributed by atoms with Crippen molar-refractivity contribution in [2.45, 2.75) is 32.2 Å². The van der Waals surface area contributed by atoms with Crippen LogP contribution in [0.4, 0.5) is 0 Å². The van der Waals surface area contributed by atoms with E-state index < -0.39 is 0 Å². The predicted octanol–water partition coefficient (Wildman–Crippen LogP) is 3.23. The first kappa shape index (κ1) is 14.5. The lowest BCUT2D eigenvalue weighted by Crippen LogP contribution is -2.32. The van der Waals surface area contributed by atoms with Gasteiger partial charge in [-0.3, -0.25) is 4.90 Å². The van der Waals surface area contributed by atoms with Crippen LogP contribution in [-0.4, -0.2) is 35.3 Å². The molecule has 0 aliphatic carbocycles. The highest BCUT2D eigenvalue weighted by atomic mass is 32.1. The van der Waals surface area contributed by atoms with Crippen LogP contribution in [-0.2, 0) is 6.54 Å². The number of aromatic nitrogens is 2. The number of methoxy groups -OCH3 is 1. The van der Waals surface area contributed by atoms with E-state index in [4.69, 9.17) is 4.74 Å². The Morgan fingerprint density at radius 3 is 2.76 bits per heavy atom. The van der Waals surface area contributed by atoms with Gasteiger partial charge in [0.2, 0.25) is 0 Å². The van der Waals surface area contributed by atoms with Crippen LogP contribution in [0, 0.1) is 6.92 Å². The Morgan fingerprint density at radius 2 is 2.10 bits per heavy atom. The Balaban J connectivity index is 1.56. The molecule has 2 aromatic rings. The minimum atomic E-state index is 0.595. The van der Waals surface area contributed by atoms with Gasteiger partial charge in [-0.1, -0.05) is 12.1 Å². The maximum Gasteiger partial charge on any atom is 0.120 e. The van der Waals surface area contributed by atoms with Gasteiger partial charge in [-0.25, -0.2) is 0 Å². The van der Waals surface area contributed by atoms with Gasteiger partial charge in [0, 0.05) is 12.5 Å². The molecule has 1 aromatic heterocycles. The van der Waals surface area contributed by atoms with Gasteiger partial charge in [-0.15, -0.1) is 21.5 Å². The first-order valence-corrected chi connectivity index (χ1v) is 8.21. The van der Waals surface area contributed by atoms with Gasteiger partial charge in [0.25, 0.3) is 0 Å². The molecule has 1 saturated heterocycles. The Kier molecular flexibility index (Phi) is 4.51. The summed E-state index contributed by atoms with van der Waals surface area (Å²) >= 11 is 1.75. The number of piperidine rings is 1. The van der Waals surface area contributed by atoms with Crippen LogP contribution < -0.4 is 4.74 Å². The molecule has 1 aliphatic rings. The second-order valence-electron chi connectivity index (χ2n) is 5.56. The third-order valence-electron chi connectivity index (χ3n) is 4.02. The molecule has 1 aliphatic heterocycles. The molecular weight excluding hydrogens is 282 g/mol. The zero-order chi connectivity index (χ0) is 14.7. The minimum absolute atomic E-state index is 0.595. The zero-order valence-corrected chi connectivity index (χ0v) is 13.4. The van der Waals surface area contributed by atoms with Crippen LogP contribution in [0.1, 0.15) is 34.3 Å². The van der Waals surface area contributed by atoms with Gasteiger partial charge in [-0.05, 0) is 50.6 Å². The lowest BCUT2D eigenvalue weighted by molar-refractivity contribution is 0.204. The molecule has 0 atom stereocenters. The van der Waals surface area contributed by atoms with E-state index in [1.165, 1.54) is 23.4 Å². The lowest BCUT2D eigenvalue weighted by atomic mass is 9.97. The fourth-order valence-corrected chi connectivity index (χ4v) is 3.71. The van der Waals surface area contributed by atoms with Crippen LogP contribution in [0.5, 0.6) is 5.75 Å². The molecule has 0 bridgehead atoms. The molecule has 0 spiro atoms. The number of nitrogens with zero attached hydrogens (tertiary/aromatic N) is 3. The molecule has 0 saturated carbocycles. The van der Waals surface area contributed by atoms with Crippen molar-refractivity contribution in [2.24, 2.45) is 0 Å². The van der Waals surface area contributed by atoms with Crippen molar-refractivity contribution in [2.75, 3.05) is 20.2 Å². The van der Waals surface area contributed by atoms with Crippen LogP contribution in [0.3, 0.4) is 0 Å². The Morgan fingerprint density at radius 1 is 1.29 bits per heavy atom. The number of ether oxygens (including phenoxy) is 1. The highest BCUT2D eigenvalue weighted by Gasteiger charge is 2.23. The highest BCUT2D eigenvalue weighted by Crippen LogP contribution is 2.30. The van der Waals surface area contributed by atoms with Crippen molar-refractivity contribution in [3.63, 3.8) is 0 Å². The van der Waals surface area contributed by atoms with E-state index in [0.29, 0.717) is 5.92 Å². The van der Waals surface area contributed by atoms with Crippen molar-refractivity contribution in [3.05, 3.63) is 39.8 Å². The molecule has 0 amide bonds. The van der Waals surface area contributed by atoms with E-state index in [0.717, 1.165) is 30.4 Å². The van der Waals surface area contributed by atoms with Gasteiger partial charge in [-0.2, -0.15) is 0 Å². The van der Waals surface area contributed by atoms with Crippen LogP contribution in [0.2, 0.25) is 0 Å². The van der Waals surface area contributed by atoms with Crippen molar-refractivity contribution >= 4 is 11.3 Å². The molecule has 0 unspecified atom stereocenters. The monoisotopic (exact) mass is 303 g/mol. The Labute approximate surface area is 129 Å². The fraction of sp³-hybridized carbons (Fsp3) is 0.500. The van der Waals surface area contributed by atoms with E-state index in [2.05, 4.69) is 33.3 Å². The van der Waals surface area contributed by atoms with E-state index >= 15 is 0 Å². The molecule has 5 heteroatoms. The SMILES string of the molecule is COc1cccc(CN2CCC(c3nnc(C)s3)CC2)c1. The van der Waals surface area contributed by atoms with Crippen LogP contribution >= 0.6 is 11.3 Å². The van der Waals surface area contributed by atoms with Crippen LogP contribution in [0.15, 0.2) is 24.3 Å². The number of hydrogen-bond acceptors (Lipinski definition) is 5. The van der Waals surface area contributed by atoms with Crippen molar-refractivity contribution in [1.82, 2.24) is 15.1 Å². The summed E-state index contributed by atoms with van der Waals surface area (Å²) in [4.78, 5) is 2.51. The summed E-state index contributed by atoms with van der Waals surface area (Å²) in [6, 6.07) is 8.35. The quantitative estimate of drug-likeness (QED) is 0.869. The lowest BCUT2D eigenvalue weighted by Gasteiger charge is -2.30. The Bertz CT molecular complexity index is 591. The third-order valence-corrected chi connectivity index (χ3v) is 5.02.